The van der Waals surface area contributed by atoms with Crippen LogP contribution in [-0.2, 0) is 14.3 Å². The second-order valence-electron chi connectivity index (χ2n) is 9.19. The van der Waals surface area contributed by atoms with Gasteiger partial charge in [-0.3, -0.25) is 14.0 Å². The number of ketones is 1. The van der Waals surface area contributed by atoms with Crippen LogP contribution < -0.4 is 0 Å². The van der Waals surface area contributed by atoms with Crippen LogP contribution in [0.1, 0.15) is 45.3 Å². The first kappa shape index (κ1) is 25.1. The Morgan fingerprint density at radius 3 is 2.47 bits per heavy atom. The largest absolute Gasteiger partial charge is 0.505 e. The number of pyridine rings is 1. The minimum atomic E-state index is -0.811. The molecule has 0 radical (unpaired) electrons. The van der Waals surface area contributed by atoms with Crippen LogP contribution >= 0.6 is 0 Å². The number of aromatic nitrogens is 2. The SMILES string of the molecule is COC(=O)c1ccc([C@H]2C(=C(O)c3c(C)nc4c(C)cccn34)C(=O)C(=O)N2CCCN(C)C)cc1. The summed E-state index contributed by atoms with van der Waals surface area (Å²) in [6.45, 7) is 4.73. The summed E-state index contributed by atoms with van der Waals surface area (Å²) in [6.07, 6.45) is 2.41. The minimum absolute atomic E-state index is 0.00192. The highest BCUT2D eigenvalue weighted by molar-refractivity contribution is 6.46. The number of imidazole rings is 1. The number of ether oxygens (including phenoxy) is 1. The first-order valence-electron chi connectivity index (χ1n) is 11.7. The molecule has 1 N–H and O–H groups in total. The van der Waals surface area contributed by atoms with Gasteiger partial charge in [-0.1, -0.05) is 18.2 Å². The third kappa shape index (κ3) is 4.37. The Morgan fingerprint density at radius 2 is 1.83 bits per heavy atom. The zero-order chi connectivity index (χ0) is 26.1. The van der Waals surface area contributed by atoms with Crippen molar-refractivity contribution in [3.8, 4) is 0 Å². The van der Waals surface area contributed by atoms with E-state index < -0.39 is 23.7 Å². The van der Waals surface area contributed by atoms with Crippen molar-refractivity contribution in [1.82, 2.24) is 19.2 Å². The second-order valence-corrected chi connectivity index (χ2v) is 9.19. The summed E-state index contributed by atoms with van der Waals surface area (Å²) in [6, 6.07) is 9.48. The number of aryl methyl sites for hydroxylation is 2. The van der Waals surface area contributed by atoms with Gasteiger partial charge in [-0.15, -0.1) is 0 Å². The summed E-state index contributed by atoms with van der Waals surface area (Å²) in [5.41, 5.74) is 3.45. The maximum Gasteiger partial charge on any atom is 0.337 e. The van der Waals surface area contributed by atoms with Crippen LogP contribution in [0.5, 0.6) is 0 Å². The standard InChI is InChI=1S/C27H30N4O5/c1-16-8-6-14-30-21(17(2)28-25(16)30)23(32)20-22(18-9-11-19(12-10-18)27(35)36-5)31(26(34)24(20)33)15-7-13-29(3)4/h6,8-12,14,22,32H,7,13,15H2,1-5H3/t22-/m0/s1. The summed E-state index contributed by atoms with van der Waals surface area (Å²) in [5.74, 6) is -2.18. The van der Waals surface area contributed by atoms with Gasteiger partial charge in [0.15, 0.2) is 5.76 Å². The van der Waals surface area contributed by atoms with Crippen molar-refractivity contribution in [2.45, 2.75) is 26.3 Å². The third-order valence-corrected chi connectivity index (χ3v) is 6.44. The highest BCUT2D eigenvalue weighted by Crippen LogP contribution is 2.40. The highest BCUT2D eigenvalue weighted by atomic mass is 16.5. The lowest BCUT2D eigenvalue weighted by molar-refractivity contribution is -0.139. The van der Waals surface area contributed by atoms with Gasteiger partial charge >= 0.3 is 5.97 Å². The molecule has 4 rings (SSSR count). The van der Waals surface area contributed by atoms with Crippen LogP contribution in [0, 0.1) is 13.8 Å². The number of carbonyl (C=O) groups is 3. The molecule has 36 heavy (non-hydrogen) atoms. The van der Waals surface area contributed by atoms with Crippen molar-refractivity contribution in [2.24, 2.45) is 0 Å². The van der Waals surface area contributed by atoms with E-state index in [1.54, 1.807) is 41.8 Å². The Hall–Kier alpha value is -3.98. The molecule has 3 aromatic rings. The van der Waals surface area contributed by atoms with E-state index in [-0.39, 0.29) is 11.3 Å². The molecule has 1 saturated heterocycles. The summed E-state index contributed by atoms with van der Waals surface area (Å²) >= 11 is 0. The van der Waals surface area contributed by atoms with Crippen LogP contribution in [0.4, 0.5) is 0 Å². The Bertz CT molecular complexity index is 1370. The van der Waals surface area contributed by atoms with Crippen LogP contribution in [0.25, 0.3) is 11.4 Å². The van der Waals surface area contributed by atoms with Crippen molar-refractivity contribution in [3.05, 3.63) is 76.2 Å². The number of likely N-dealkylation sites (tertiary alicyclic amines) is 1. The van der Waals surface area contributed by atoms with E-state index in [2.05, 4.69) is 4.98 Å². The number of aliphatic hydroxyl groups excluding tert-OH is 1. The summed E-state index contributed by atoms with van der Waals surface area (Å²) < 4.78 is 6.52. The molecule has 0 aliphatic carbocycles. The average molecular weight is 491 g/mol. The van der Waals surface area contributed by atoms with E-state index in [1.807, 2.05) is 38.1 Å². The second kappa shape index (κ2) is 9.94. The zero-order valence-corrected chi connectivity index (χ0v) is 21.1. The van der Waals surface area contributed by atoms with Gasteiger partial charge in [0, 0.05) is 12.7 Å². The van der Waals surface area contributed by atoms with Gasteiger partial charge in [-0.2, -0.15) is 0 Å². The summed E-state index contributed by atoms with van der Waals surface area (Å²) in [7, 11) is 5.18. The first-order valence-corrected chi connectivity index (χ1v) is 11.7. The molecule has 9 heteroatoms. The maximum absolute atomic E-state index is 13.3. The number of fused-ring (bicyclic) bond motifs is 1. The quantitative estimate of drug-likeness (QED) is 0.235. The molecule has 9 nitrogen and oxygen atoms in total. The normalized spacial score (nSPS) is 17.4. The van der Waals surface area contributed by atoms with E-state index in [9.17, 15) is 19.5 Å². The van der Waals surface area contributed by atoms with E-state index in [0.29, 0.717) is 41.1 Å². The Balaban J connectivity index is 1.88. The lowest BCUT2D eigenvalue weighted by Crippen LogP contribution is -2.32. The number of aliphatic hydroxyl groups is 1. The fourth-order valence-corrected chi connectivity index (χ4v) is 4.66. The van der Waals surface area contributed by atoms with Gasteiger partial charge in [0.2, 0.25) is 0 Å². The number of esters is 1. The number of Topliss-reactive ketones (excluding diaryl/α,β-unsaturated/α-hetero) is 1. The van der Waals surface area contributed by atoms with E-state index in [0.717, 1.165) is 12.1 Å². The Labute approximate surface area is 209 Å². The van der Waals surface area contributed by atoms with Crippen molar-refractivity contribution in [3.63, 3.8) is 0 Å². The van der Waals surface area contributed by atoms with Gasteiger partial charge in [0.05, 0.1) is 30.0 Å². The number of carbonyl (C=O) groups excluding carboxylic acids is 3. The van der Waals surface area contributed by atoms with Crippen LogP contribution in [0.3, 0.4) is 0 Å². The van der Waals surface area contributed by atoms with Gasteiger partial charge in [-0.25, -0.2) is 9.78 Å². The Morgan fingerprint density at radius 1 is 1.14 bits per heavy atom. The number of hydrogen-bond acceptors (Lipinski definition) is 7. The van der Waals surface area contributed by atoms with Gasteiger partial charge in [0.1, 0.15) is 11.3 Å². The maximum atomic E-state index is 13.3. The lowest BCUT2D eigenvalue weighted by atomic mass is 9.95. The molecule has 0 saturated carbocycles. The average Bonchev–Trinajstić information content (AvgIpc) is 3.32. The van der Waals surface area contributed by atoms with Crippen molar-refractivity contribution >= 4 is 29.1 Å². The van der Waals surface area contributed by atoms with Crippen molar-refractivity contribution < 1.29 is 24.2 Å². The number of benzene rings is 1. The van der Waals surface area contributed by atoms with Gasteiger partial charge in [-0.05, 0) is 70.2 Å². The lowest BCUT2D eigenvalue weighted by Gasteiger charge is -2.26. The predicted octanol–water partition coefficient (Wildman–Crippen LogP) is 3.11. The monoisotopic (exact) mass is 490 g/mol. The molecule has 188 valence electrons. The fraction of sp³-hybridized carbons (Fsp3) is 0.333. The predicted molar refractivity (Wildman–Crippen MR) is 135 cm³/mol. The molecule has 1 amide bonds. The molecule has 1 fully saturated rings. The smallest absolute Gasteiger partial charge is 0.337 e. The molecule has 3 heterocycles. The van der Waals surface area contributed by atoms with Crippen molar-refractivity contribution in [2.75, 3.05) is 34.3 Å². The zero-order valence-electron chi connectivity index (χ0n) is 21.1. The van der Waals surface area contributed by atoms with E-state index in [4.69, 9.17) is 4.74 Å². The van der Waals surface area contributed by atoms with Gasteiger partial charge in [0.25, 0.3) is 11.7 Å². The molecule has 1 aliphatic heterocycles. The van der Waals surface area contributed by atoms with Gasteiger partial charge < -0.3 is 19.6 Å². The number of methoxy groups -OCH3 is 1. The van der Waals surface area contributed by atoms with E-state index >= 15 is 0 Å². The van der Waals surface area contributed by atoms with E-state index in [1.165, 1.54) is 12.0 Å². The molecular weight excluding hydrogens is 460 g/mol. The van der Waals surface area contributed by atoms with Crippen LogP contribution in [0.15, 0.2) is 48.2 Å². The number of rotatable bonds is 7. The molecule has 1 aromatic carbocycles. The molecule has 0 bridgehead atoms. The third-order valence-electron chi connectivity index (χ3n) is 6.44. The Kier molecular flexibility index (Phi) is 6.94. The van der Waals surface area contributed by atoms with Crippen LogP contribution in [-0.4, -0.2) is 76.2 Å². The fourth-order valence-electron chi connectivity index (χ4n) is 4.66. The molecule has 1 atom stereocenters. The highest BCUT2D eigenvalue weighted by Gasteiger charge is 2.46. The van der Waals surface area contributed by atoms with Crippen LogP contribution in [0.2, 0.25) is 0 Å². The summed E-state index contributed by atoms with van der Waals surface area (Å²) in [4.78, 5) is 46.5. The molecule has 0 spiro atoms. The first-order chi connectivity index (χ1) is 17.1. The summed E-state index contributed by atoms with van der Waals surface area (Å²) in [5, 5.41) is 11.5. The number of hydrogen-bond donors (Lipinski definition) is 1. The topological polar surface area (TPSA) is 104 Å². The minimum Gasteiger partial charge on any atom is -0.505 e. The molecule has 1 aliphatic rings. The number of nitrogens with zero attached hydrogens (tertiary/aromatic N) is 4. The number of amides is 1. The van der Waals surface area contributed by atoms with Crippen molar-refractivity contribution in [1.29, 1.82) is 0 Å². The molecule has 0 unspecified atom stereocenters. The molecular formula is C27H30N4O5. The molecule has 2 aromatic heterocycles.